The molecular formula is C14H19N3O. The van der Waals surface area contributed by atoms with Gasteiger partial charge in [0.05, 0.1) is 18.3 Å². The van der Waals surface area contributed by atoms with Crippen molar-refractivity contribution in [3.8, 4) is 5.75 Å². The summed E-state index contributed by atoms with van der Waals surface area (Å²) in [5, 5.41) is 7.48. The summed E-state index contributed by atoms with van der Waals surface area (Å²) >= 11 is 0. The Morgan fingerprint density at radius 2 is 2.06 bits per heavy atom. The second-order valence-electron chi connectivity index (χ2n) is 4.17. The number of hydrogen-bond acceptors (Lipinski definition) is 3. The number of benzene rings is 1. The molecule has 1 aromatic carbocycles. The molecule has 2 rings (SSSR count). The van der Waals surface area contributed by atoms with Crippen LogP contribution in [-0.4, -0.2) is 23.4 Å². The molecule has 0 saturated heterocycles. The van der Waals surface area contributed by atoms with E-state index in [0.717, 1.165) is 12.2 Å². The molecule has 1 unspecified atom stereocenters. The Morgan fingerprint density at radius 3 is 2.67 bits per heavy atom. The lowest BCUT2D eigenvalue weighted by atomic mass is 10.1. The largest absolute Gasteiger partial charge is 0.494 e. The fraction of sp³-hybridized carbons (Fsp3) is 0.357. The standard InChI is InChI=1S/C14H19N3O/c1-15-13(14-8-10-16-17(14)2)9-11-18-12-6-4-3-5-7-12/h3-8,10,13,15H,9,11H2,1-2H3. The van der Waals surface area contributed by atoms with E-state index in [1.54, 1.807) is 0 Å². The molecule has 0 aliphatic heterocycles. The highest BCUT2D eigenvalue weighted by Gasteiger charge is 2.12. The Hall–Kier alpha value is -1.81. The van der Waals surface area contributed by atoms with Crippen molar-refractivity contribution in [1.29, 1.82) is 0 Å². The Morgan fingerprint density at radius 1 is 1.28 bits per heavy atom. The minimum atomic E-state index is 0.265. The maximum absolute atomic E-state index is 5.71. The van der Waals surface area contributed by atoms with Crippen molar-refractivity contribution in [2.24, 2.45) is 7.05 Å². The third-order valence-electron chi connectivity index (χ3n) is 2.98. The van der Waals surface area contributed by atoms with E-state index in [9.17, 15) is 0 Å². The van der Waals surface area contributed by atoms with Gasteiger partial charge in [0, 0.05) is 19.7 Å². The maximum atomic E-state index is 5.71. The summed E-state index contributed by atoms with van der Waals surface area (Å²) in [5.41, 5.74) is 1.18. The average Bonchev–Trinajstić information content (AvgIpc) is 2.82. The van der Waals surface area contributed by atoms with E-state index in [1.807, 2.05) is 61.4 Å². The lowest BCUT2D eigenvalue weighted by Crippen LogP contribution is -2.21. The second-order valence-corrected chi connectivity index (χ2v) is 4.17. The number of aryl methyl sites for hydroxylation is 1. The number of nitrogens with one attached hydrogen (secondary N) is 1. The van der Waals surface area contributed by atoms with Crippen LogP contribution in [0.15, 0.2) is 42.6 Å². The van der Waals surface area contributed by atoms with Crippen LogP contribution < -0.4 is 10.1 Å². The van der Waals surface area contributed by atoms with Gasteiger partial charge in [-0.2, -0.15) is 5.10 Å². The van der Waals surface area contributed by atoms with Crippen LogP contribution in [0.2, 0.25) is 0 Å². The van der Waals surface area contributed by atoms with Crippen LogP contribution in [0.5, 0.6) is 5.75 Å². The zero-order valence-corrected chi connectivity index (χ0v) is 10.8. The molecule has 0 amide bonds. The number of para-hydroxylation sites is 1. The summed E-state index contributed by atoms with van der Waals surface area (Å²) in [5.74, 6) is 0.914. The van der Waals surface area contributed by atoms with Crippen LogP contribution in [0.1, 0.15) is 18.2 Å². The van der Waals surface area contributed by atoms with Gasteiger partial charge in [0.25, 0.3) is 0 Å². The van der Waals surface area contributed by atoms with E-state index in [4.69, 9.17) is 4.74 Å². The topological polar surface area (TPSA) is 39.1 Å². The van der Waals surface area contributed by atoms with Crippen molar-refractivity contribution in [2.75, 3.05) is 13.7 Å². The summed E-state index contributed by atoms with van der Waals surface area (Å²) in [7, 11) is 3.91. The third kappa shape index (κ3) is 3.11. The van der Waals surface area contributed by atoms with Crippen LogP contribution in [0.25, 0.3) is 0 Å². The van der Waals surface area contributed by atoms with Crippen LogP contribution in [0, 0.1) is 0 Å². The predicted molar refractivity (Wildman–Crippen MR) is 71.6 cm³/mol. The van der Waals surface area contributed by atoms with E-state index in [0.29, 0.717) is 6.61 Å². The van der Waals surface area contributed by atoms with E-state index < -0.39 is 0 Å². The Balaban J connectivity index is 1.87. The van der Waals surface area contributed by atoms with E-state index >= 15 is 0 Å². The molecule has 0 radical (unpaired) electrons. The normalized spacial score (nSPS) is 12.3. The van der Waals surface area contributed by atoms with Crippen LogP contribution in [-0.2, 0) is 7.05 Å². The van der Waals surface area contributed by atoms with Gasteiger partial charge >= 0.3 is 0 Å². The first kappa shape index (κ1) is 12.6. The fourth-order valence-corrected chi connectivity index (χ4v) is 1.98. The molecule has 0 aliphatic rings. The first-order chi connectivity index (χ1) is 8.81. The molecule has 2 aromatic rings. The predicted octanol–water partition coefficient (Wildman–Crippen LogP) is 2.15. The Labute approximate surface area is 108 Å². The molecule has 4 nitrogen and oxygen atoms in total. The van der Waals surface area contributed by atoms with Gasteiger partial charge in [0.1, 0.15) is 5.75 Å². The van der Waals surface area contributed by atoms with Gasteiger partial charge in [-0.15, -0.1) is 0 Å². The summed E-state index contributed by atoms with van der Waals surface area (Å²) in [6, 6.07) is 12.2. The Bertz CT molecular complexity index is 467. The lowest BCUT2D eigenvalue weighted by Gasteiger charge is -2.16. The van der Waals surface area contributed by atoms with Crippen molar-refractivity contribution in [1.82, 2.24) is 15.1 Å². The summed E-state index contributed by atoms with van der Waals surface area (Å²) in [6.45, 7) is 0.681. The van der Waals surface area contributed by atoms with Crippen molar-refractivity contribution < 1.29 is 4.74 Å². The Kier molecular flexibility index (Phi) is 4.36. The summed E-state index contributed by atoms with van der Waals surface area (Å²) < 4.78 is 7.60. The van der Waals surface area contributed by atoms with E-state index in [1.165, 1.54) is 5.69 Å². The minimum absolute atomic E-state index is 0.265. The zero-order chi connectivity index (χ0) is 12.8. The van der Waals surface area contributed by atoms with Crippen molar-refractivity contribution >= 4 is 0 Å². The van der Waals surface area contributed by atoms with E-state index in [2.05, 4.69) is 10.4 Å². The van der Waals surface area contributed by atoms with E-state index in [-0.39, 0.29) is 6.04 Å². The quantitative estimate of drug-likeness (QED) is 0.847. The van der Waals surface area contributed by atoms with Crippen LogP contribution >= 0.6 is 0 Å². The fourth-order valence-electron chi connectivity index (χ4n) is 1.98. The molecule has 0 bridgehead atoms. The van der Waals surface area contributed by atoms with Gasteiger partial charge in [-0.3, -0.25) is 4.68 Å². The number of hydrogen-bond donors (Lipinski definition) is 1. The summed E-state index contributed by atoms with van der Waals surface area (Å²) in [4.78, 5) is 0. The number of nitrogens with zero attached hydrogens (tertiary/aromatic N) is 2. The molecule has 18 heavy (non-hydrogen) atoms. The second kappa shape index (κ2) is 6.21. The molecular weight excluding hydrogens is 226 g/mol. The molecule has 1 atom stereocenters. The third-order valence-corrected chi connectivity index (χ3v) is 2.98. The molecule has 0 spiro atoms. The average molecular weight is 245 g/mol. The highest BCUT2D eigenvalue weighted by Crippen LogP contribution is 2.16. The first-order valence-electron chi connectivity index (χ1n) is 6.14. The molecule has 1 N–H and O–H groups in total. The molecule has 96 valence electrons. The molecule has 0 fully saturated rings. The highest BCUT2D eigenvalue weighted by atomic mass is 16.5. The number of rotatable bonds is 6. The lowest BCUT2D eigenvalue weighted by molar-refractivity contribution is 0.287. The van der Waals surface area contributed by atoms with Crippen molar-refractivity contribution in [3.63, 3.8) is 0 Å². The SMILES string of the molecule is CNC(CCOc1ccccc1)c1ccnn1C. The monoisotopic (exact) mass is 245 g/mol. The van der Waals surface area contributed by atoms with Crippen LogP contribution in [0.4, 0.5) is 0 Å². The molecule has 1 aromatic heterocycles. The van der Waals surface area contributed by atoms with Gasteiger partial charge in [0.15, 0.2) is 0 Å². The van der Waals surface area contributed by atoms with Gasteiger partial charge in [-0.25, -0.2) is 0 Å². The summed E-state index contributed by atoms with van der Waals surface area (Å²) in [6.07, 6.45) is 2.72. The minimum Gasteiger partial charge on any atom is -0.494 e. The van der Waals surface area contributed by atoms with Crippen LogP contribution in [0.3, 0.4) is 0 Å². The zero-order valence-electron chi connectivity index (χ0n) is 10.8. The van der Waals surface area contributed by atoms with Gasteiger partial charge in [-0.05, 0) is 25.2 Å². The smallest absolute Gasteiger partial charge is 0.119 e. The molecule has 1 heterocycles. The highest BCUT2D eigenvalue weighted by molar-refractivity contribution is 5.20. The van der Waals surface area contributed by atoms with Gasteiger partial charge in [-0.1, -0.05) is 18.2 Å². The first-order valence-corrected chi connectivity index (χ1v) is 6.14. The number of aromatic nitrogens is 2. The van der Waals surface area contributed by atoms with Gasteiger partial charge < -0.3 is 10.1 Å². The van der Waals surface area contributed by atoms with Gasteiger partial charge in [0.2, 0.25) is 0 Å². The molecule has 0 aliphatic carbocycles. The molecule has 0 saturated carbocycles. The maximum Gasteiger partial charge on any atom is 0.119 e. The number of ether oxygens (including phenoxy) is 1. The molecule has 4 heteroatoms. The van der Waals surface area contributed by atoms with Crippen molar-refractivity contribution in [3.05, 3.63) is 48.3 Å². The van der Waals surface area contributed by atoms with Crippen molar-refractivity contribution in [2.45, 2.75) is 12.5 Å².